The average molecular weight is 409 g/mol. The maximum atomic E-state index is 13.0. The molecule has 1 saturated heterocycles. The van der Waals surface area contributed by atoms with E-state index < -0.39 is 6.04 Å². The van der Waals surface area contributed by atoms with Crippen LogP contribution in [0.5, 0.6) is 5.75 Å². The average Bonchev–Trinajstić information content (AvgIpc) is 3.24. The molecule has 0 bridgehead atoms. The second-order valence-electron chi connectivity index (χ2n) is 7.60. The number of hydrogen-bond donors (Lipinski definition) is 2. The fourth-order valence-corrected chi connectivity index (χ4v) is 3.33. The normalized spacial score (nSPS) is 15.7. The zero-order valence-electron chi connectivity index (χ0n) is 17.5. The van der Waals surface area contributed by atoms with Crippen molar-refractivity contribution in [3.05, 3.63) is 54.1 Å². The first kappa shape index (κ1) is 21.4. The maximum absolute atomic E-state index is 13.0. The SMILES string of the molecule is COc1ccc(NC(=O)C2CCCN2C(=O)c2ccc(NC(=O)C(C)C)cc2)cc1. The van der Waals surface area contributed by atoms with Crippen LogP contribution in [-0.2, 0) is 9.59 Å². The Balaban J connectivity index is 1.65. The third-order valence-electron chi connectivity index (χ3n) is 5.10. The highest BCUT2D eigenvalue weighted by Crippen LogP contribution is 2.23. The third-order valence-corrected chi connectivity index (χ3v) is 5.10. The summed E-state index contributed by atoms with van der Waals surface area (Å²) in [6.07, 6.45) is 1.39. The molecular formula is C23H27N3O4. The molecule has 1 aliphatic rings. The minimum absolute atomic E-state index is 0.0797. The Labute approximate surface area is 176 Å². The van der Waals surface area contributed by atoms with Crippen LogP contribution in [0, 0.1) is 5.92 Å². The summed E-state index contributed by atoms with van der Waals surface area (Å²) in [6.45, 7) is 4.17. The lowest BCUT2D eigenvalue weighted by molar-refractivity contribution is -0.120. The van der Waals surface area contributed by atoms with E-state index in [-0.39, 0.29) is 23.6 Å². The number of methoxy groups -OCH3 is 1. The summed E-state index contributed by atoms with van der Waals surface area (Å²) in [6, 6.07) is 13.3. The molecule has 2 aromatic rings. The summed E-state index contributed by atoms with van der Waals surface area (Å²) in [5, 5.41) is 5.68. The molecule has 0 radical (unpaired) electrons. The van der Waals surface area contributed by atoms with Crippen LogP contribution in [0.2, 0.25) is 0 Å². The lowest BCUT2D eigenvalue weighted by atomic mass is 10.1. The second-order valence-corrected chi connectivity index (χ2v) is 7.60. The van der Waals surface area contributed by atoms with E-state index in [1.54, 1.807) is 60.5 Å². The lowest BCUT2D eigenvalue weighted by Crippen LogP contribution is -2.43. The first-order valence-corrected chi connectivity index (χ1v) is 10.1. The van der Waals surface area contributed by atoms with Crippen molar-refractivity contribution in [1.29, 1.82) is 0 Å². The Morgan fingerprint density at radius 1 is 0.967 bits per heavy atom. The summed E-state index contributed by atoms with van der Waals surface area (Å²) < 4.78 is 5.12. The highest BCUT2D eigenvalue weighted by molar-refractivity contribution is 6.02. The molecule has 3 amide bonds. The number of nitrogens with one attached hydrogen (secondary N) is 2. The van der Waals surface area contributed by atoms with Gasteiger partial charge in [-0.05, 0) is 61.4 Å². The number of hydrogen-bond acceptors (Lipinski definition) is 4. The Morgan fingerprint density at radius 2 is 1.57 bits per heavy atom. The predicted molar refractivity (Wildman–Crippen MR) is 116 cm³/mol. The molecule has 3 rings (SSSR count). The minimum atomic E-state index is -0.514. The van der Waals surface area contributed by atoms with E-state index in [1.165, 1.54) is 0 Å². The van der Waals surface area contributed by atoms with Gasteiger partial charge in [-0.1, -0.05) is 13.8 Å². The number of rotatable bonds is 6. The molecule has 1 heterocycles. The van der Waals surface area contributed by atoms with Crippen LogP contribution in [0.25, 0.3) is 0 Å². The molecule has 7 nitrogen and oxygen atoms in total. The Morgan fingerprint density at radius 3 is 2.17 bits per heavy atom. The summed E-state index contributed by atoms with van der Waals surface area (Å²) >= 11 is 0. The molecule has 0 saturated carbocycles. The van der Waals surface area contributed by atoms with Gasteiger partial charge in [0, 0.05) is 29.4 Å². The fourth-order valence-electron chi connectivity index (χ4n) is 3.33. The lowest BCUT2D eigenvalue weighted by Gasteiger charge is -2.24. The molecule has 7 heteroatoms. The summed E-state index contributed by atoms with van der Waals surface area (Å²) in [5.41, 5.74) is 1.78. The topological polar surface area (TPSA) is 87.7 Å². The van der Waals surface area contributed by atoms with Gasteiger partial charge in [0.25, 0.3) is 5.91 Å². The van der Waals surface area contributed by atoms with Crippen molar-refractivity contribution in [1.82, 2.24) is 4.90 Å². The van der Waals surface area contributed by atoms with Gasteiger partial charge in [0.2, 0.25) is 11.8 Å². The van der Waals surface area contributed by atoms with E-state index in [2.05, 4.69) is 10.6 Å². The van der Waals surface area contributed by atoms with Crippen LogP contribution in [0.1, 0.15) is 37.0 Å². The van der Waals surface area contributed by atoms with E-state index in [0.717, 1.165) is 6.42 Å². The molecule has 0 spiro atoms. The van der Waals surface area contributed by atoms with E-state index in [9.17, 15) is 14.4 Å². The minimum Gasteiger partial charge on any atom is -0.497 e. The highest BCUT2D eigenvalue weighted by Gasteiger charge is 2.34. The molecule has 1 atom stereocenters. The predicted octanol–water partition coefficient (Wildman–Crippen LogP) is 3.53. The van der Waals surface area contributed by atoms with Gasteiger partial charge < -0.3 is 20.3 Å². The van der Waals surface area contributed by atoms with Crippen molar-refractivity contribution in [2.24, 2.45) is 5.92 Å². The van der Waals surface area contributed by atoms with E-state index >= 15 is 0 Å². The first-order chi connectivity index (χ1) is 14.4. The molecule has 2 aromatic carbocycles. The zero-order valence-corrected chi connectivity index (χ0v) is 17.5. The van der Waals surface area contributed by atoms with E-state index in [1.807, 2.05) is 13.8 Å². The molecule has 1 fully saturated rings. The van der Waals surface area contributed by atoms with Crippen molar-refractivity contribution < 1.29 is 19.1 Å². The molecule has 158 valence electrons. The van der Waals surface area contributed by atoms with Gasteiger partial charge in [0.05, 0.1) is 7.11 Å². The van der Waals surface area contributed by atoms with Crippen molar-refractivity contribution in [3.8, 4) is 5.75 Å². The number of benzene rings is 2. The Kier molecular flexibility index (Phi) is 6.72. The maximum Gasteiger partial charge on any atom is 0.254 e. The smallest absolute Gasteiger partial charge is 0.254 e. The summed E-state index contributed by atoms with van der Waals surface area (Å²) in [5.74, 6) is 0.111. The molecule has 0 aromatic heterocycles. The monoisotopic (exact) mass is 409 g/mol. The molecular weight excluding hydrogens is 382 g/mol. The van der Waals surface area contributed by atoms with Gasteiger partial charge in [-0.25, -0.2) is 0 Å². The quantitative estimate of drug-likeness (QED) is 0.764. The number of anilines is 2. The first-order valence-electron chi connectivity index (χ1n) is 10.1. The molecule has 30 heavy (non-hydrogen) atoms. The highest BCUT2D eigenvalue weighted by atomic mass is 16.5. The van der Waals surface area contributed by atoms with Gasteiger partial charge in [-0.15, -0.1) is 0 Å². The van der Waals surface area contributed by atoms with Gasteiger partial charge in [0.15, 0.2) is 0 Å². The molecule has 1 aliphatic heterocycles. The number of amides is 3. The zero-order chi connectivity index (χ0) is 21.7. The molecule has 0 aliphatic carbocycles. The number of likely N-dealkylation sites (tertiary alicyclic amines) is 1. The van der Waals surface area contributed by atoms with E-state index in [4.69, 9.17) is 4.74 Å². The van der Waals surface area contributed by atoms with Gasteiger partial charge in [-0.2, -0.15) is 0 Å². The van der Waals surface area contributed by atoms with Crippen LogP contribution >= 0.6 is 0 Å². The molecule has 1 unspecified atom stereocenters. The Hall–Kier alpha value is -3.35. The van der Waals surface area contributed by atoms with Gasteiger partial charge in [0.1, 0.15) is 11.8 Å². The van der Waals surface area contributed by atoms with Gasteiger partial charge in [-0.3, -0.25) is 14.4 Å². The number of nitrogens with zero attached hydrogens (tertiary/aromatic N) is 1. The van der Waals surface area contributed by atoms with Crippen molar-refractivity contribution in [3.63, 3.8) is 0 Å². The van der Waals surface area contributed by atoms with E-state index in [0.29, 0.717) is 35.7 Å². The molecule has 2 N–H and O–H groups in total. The van der Waals surface area contributed by atoms with Crippen molar-refractivity contribution in [2.75, 3.05) is 24.3 Å². The van der Waals surface area contributed by atoms with Crippen LogP contribution in [0.15, 0.2) is 48.5 Å². The second kappa shape index (κ2) is 9.43. The third kappa shape index (κ3) is 4.97. The van der Waals surface area contributed by atoms with Crippen LogP contribution in [0.3, 0.4) is 0 Å². The van der Waals surface area contributed by atoms with Crippen LogP contribution in [0.4, 0.5) is 11.4 Å². The summed E-state index contributed by atoms with van der Waals surface area (Å²) in [7, 11) is 1.58. The van der Waals surface area contributed by atoms with Crippen LogP contribution in [-0.4, -0.2) is 42.3 Å². The van der Waals surface area contributed by atoms with Crippen molar-refractivity contribution >= 4 is 29.1 Å². The summed E-state index contributed by atoms with van der Waals surface area (Å²) in [4.78, 5) is 39.2. The van der Waals surface area contributed by atoms with Gasteiger partial charge >= 0.3 is 0 Å². The fraction of sp³-hybridized carbons (Fsp3) is 0.348. The van der Waals surface area contributed by atoms with Crippen LogP contribution < -0.4 is 15.4 Å². The number of carbonyl (C=O) groups excluding carboxylic acids is 3. The number of carbonyl (C=O) groups is 3. The number of ether oxygens (including phenoxy) is 1. The standard InChI is InChI=1S/C23H27N3O4/c1-15(2)21(27)24-17-8-6-16(7-9-17)23(29)26-14-4-5-20(26)22(28)25-18-10-12-19(30-3)13-11-18/h6-13,15,20H,4-5,14H2,1-3H3,(H,24,27)(H,25,28). The van der Waals surface area contributed by atoms with Crippen molar-refractivity contribution in [2.45, 2.75) is 32.7 Å². The Bertz CT molecular complexity index is 907. The largest absolute Gasteiger partial charge is 0.497 e.